The van der Waals surface area contributed by atoms with Gasteiger partial charge in [0.05, 0.1) is 34.3 Å². The van der Waals surface area contributed by atoms with Crippen LogP contribution < -0.4 is 0 Å². The average Bonchev–Trinajstić information content (AvgIpc) is 3.48. The second-order valence-electron chi connectivity index (χ2n) is 10.8. The predicted octanol–water partition coefficient (Wildman–Crippen LogP) is 5.03. The number of aliphatic hydroxyl groups is 1. The Labute approximate surface area is 207 Å². The number of H-pyrrole nitrogens is 1. The van der Waals surface area contributed by atoms with Crippen molar-refractivity contribution in [2.75, 3.05) is 0 Å². The second kappa shape index (κ2) is 7.46. The highest BCUT2D eigenvalue weighted by Gasteiger charge is 2.65. The molecule has 0 radical (unpaired) electrons. The Hall–Kier alpha value is -3.59. The lowest BCUT2D eigenvalue weighted by Crippen LogP contribution is -2.38. The van der Waals surface area contributed by atoms with Crippen LogP contribution in [0, 0.1) is 17.0 Å². The maximum atomic E-state index is 14.5. The van der Waals surface area contributed by atoms with Crippen LogP contribution in [0.3, 0.4) is 0 Å². The van der Waals surface area contributed by atoms with Gasteiger partial charge in [-0.3, -0.25) is 4.98 Å². The summed E-state index contributed by atoms with van der Waals surface area (Å²) in [5.74, 6) is -0.753. The van der Waals surface area contributed by atoms with Crippen molar-refractivity contribution in [3.8, 4) is 22.6 Å². The van der Waals surface area contributed by atoms with Gasteiger partial charge in [0.1, 0.15) is 34.4 Å². The van der Waals surface area contributed by atoms with Gasteiger partial charge in [-0.2, -0.15) is 5.10 Å². The number of hydrogen-bond donors (Lipinski definition) is 2. The number of hydrogen-bond acceptors (Lipinski definition) is 6. The molecule has 2 bridgehead atoms. The van der Waals surface area contributed by atoms with E-state index < -0.39 is 22.7 Å². The maximum absolute atomic E-state index is 14.5. The summed E-state index contributed by atoms with van der Waals surface area (Å²) in [6, 6.07) is 5.58. The molecule has 9 heteroatoms. The lowest BCUT2D eigenvalue weighted by Gasteiger charge is -2.37. The highest BCUT2D eigenvalue weighted by Crippen LogP contribution is 2.69. The summed E-state index contributed by atoms with van der Waals surface area (Å²) in [6.07, 6.45) is 6.82. The van der Waals surface area contributed by atoms with Crippen LogP contribution in [0.25, 0.3) is 22.6 Å². The number of imidazole rings is 1. The van der Waals surface area contributed by atoms with Gasteiger partial charge in [0, 0.05) is 12.4 Å². The average molecular weight is 489 g/mol. The Morgan fingerprint density at radius 1 is 1.03 bits per heavy atom. The lowest BCUT2D eigenvalue weighted by atomic mass is 9.66. The van der Waals surface area contributed by atoms with Crippen LogP contribution >= 0.6 is 0 Å². The Balaban J connectivity index is 1.48. The van der Waals surface area contributed by atoms with Crippen molar-refractivity contribution in [3.05, 3.63) is 77.3 Å². The monoisotopic (exact) mass is 488 g/mol. The van der Waals surface area contributed by atoms with E-state index in [2.05, 4.69) is 39.0 Å². The Morgan fingerprint density at radius 2 is 1.78 bits per heavy atom. The number of halogens is 2. The molecule has 3 heterocycles. The van der Waals surface area contributed by atoms with Crippen LogP contribution in [0.15, 0.2) is 42.9 Å². The zero-order valence-electron chi connectivity index (χ0n) is 20.5. The smallest absolute Gasteiger partial charge is 0.138 e. The zero-order valence-corrected chi connectivity index (χ0v) is 20.5. The molecule has 2 N–H and O–H groups in total. The molecule has 184 valence electrons. The summed E-state index contributed by atoms with van der Waals surface area (Å²) in [5.41, 5.74) is 1.77. The predicted molar refractivity (Wildman–Crippen MR) is 129 cm³/mol. The van der Waals surface area contributed by atoms with Crippen LogP contribution in [0.4, 0.5) is 8.78 Å². The first kappa shape index (κ1) is 22.8. The van der Waals surface area contributed by atoms with E-state index >= 15 is 0 Å². The fraction of sp³-hybridized carbons (Fsp3) is 0.370. The molecule has 3 aromatic heterocycles. The van der Waals surface area contributed by atoms with E-state index in [1.165, 1.54) is 18.2 Å². The number of nitrogens with one attached hydrogen (secondary N) is 1. The number of benzene rings is 1. The van der Waals surface area contributed by atoms with Crippen molar-refractivity contribution in [3.63, 3.8) is 0 Å². The Bertz CT molecular complexity index is 1490. The first-order valence-corrected chi connectivity index (χ1v) is 12.0. The number of rotatable bonds is 4. The summed E-state index contributed by atoms with van der Waals surface area (Å²) in [4.78, 5) is 17.0. The van der Waals surface area contributed by atoms with Gasteiger partial charge in [-0.15, -0.1) is 5.10 Å². The molecule has 1 fully saturated rings. The van der Waals surface area contributed by atoms with Crippen molar-refractivity contribution < 1.29 is 13.9 Å². The fourth-order valence-electron chi connectivity index (χ4n) is 6.22. The van der Waals surface area contributed by atoms with Gasteiger partial charge in [0.2, 0.25) is 0 Å². The Morgan fingerprint density at radius 3 is 2.47 bits per heavy atom. The van der Waals surface area contributed by atoms with E-state index in [9.17, 15) is 13.9 Å². The summed E-state index contributed by atoms with van der Waals surface area (Å²) < 4.78 is 29.0. The minimum Gasteiger partial charge on any atom is -0.383 e. The molecule has 2 atom stereocenters. The molecule has 0 aliphatic heterocycles. The van der Waals surface area contributed by atoms with Crippen LogP contribution in [-0.4, -0.2) is 35.2 Å². The van der Waals surface area contributed by atoms with Gasteiger partial charge >= 0.3 is 0 Å². The molecule has 1 saturated carbocycles. The number of nitrogens with zero attached hydrogens (tertiary/aromatic N) is 5. The minimum absolute atomic E-state index is 0.134. The third kappa shape index (κ3) is 3.01. The molecular weight excluding hydrogens is 462 g/mol. The van der Waals surface area contributed by atoms with Crippen LogP contribution in [0.5, 0.6) is 0 Å². The van der Waals surface area contributed by atoms with Gasteiger partial charge in [0.25, 0.3) is 0 Å². The first-order valence-electron chi connectivity index (χ1n) is 12.0. The number of aromatic amines is 1. The van der Waals surface area contributed by atoms with E-state index in [1.807, 2.05) is 0 Å². The lowest BCUT2D eigenvalue weighted by molar-refractivity contribution is 0.0697. The van der Waals surface area contributed by atoms with Crippen LogP contribution in [0.2, 0.25) is 0 Å². The van der Waals surface area contributed by atoms with Crippen molar-refractivity contribution in [2.24, 2.45) is 5.41 Å². The van der Waals surface area contributed by atoms with E-state index in [0.717, 1.165) is 29.8 Å². The van der Waals surface area contributed by atoms with Crippen molar-refractivity contribution in [1.82, 2.24) is 30.1 Å². The van der Waals surface area contributed by atoms with E-state index in [0.29, 0.717) is 17.2 Å². The molecule has 0 amide bonds. The first-order chi connectivity index (χ1) is 17.0. The highest BCUT2D eigenvalue weighted by molar-refractivity contribution is 5.64. The molecule has 4 aromatic rings. The van der Waals surface area contributed by atoms with E-state index in [1.54, 1.807) is 38.5 Å². The minimum atomic E-state index is -1.11. The molecule has 0 spiro atoms. The van der Waals surface area contributed by atoms with Crippen molar-refractivity contribution >= 4 is 0 Å². The normalized spacial score (nSPS) is 22.1. The zero-order chi connectivity index (χ0) is 25.5. The summed E-state index contributed by atoms with van der Waals surface area (Å²) >= 11 is 0. The second-order valence-corrected chi connectivity index (χ2v) is 10.8. The molecular formula is C27H26F2N6O. The number of aromatic nitrogens is 6. The molecule has 1 aromatic carbocycles. The SMILES string of the molecule is CC(C)(O)c1nc(-c2cncc([C@@]34CC[C@@H](c5cc(-c6c(F)cccc6F)nnc53)C4(C)C)n2)c[nH]1. The topological polar surface area (TPSA) is 100 Å². The quantitative estimate of drug-likeness (QED) is 0.418. The Kier molecular flexibility index (Phi) is 4.73. The van der Waals surface area contributed by atoms with Crippen LogP contribution in [-0.2, 0) is 11.0 Å². The van der Waals surface area contributed by atoms with Crippen molar-refractivity contribution in [1.29, 1.82) is 0 Å². The van der Waals surface area contributed by atoms with E-state index in [-0.39, 0.29) is 22.6 Å². The molecule has 7 nitrogen and oxygen atoms in total. The molecule has 6 rings (SSSR count). The standard InChI is InChI=1S/C27H26F2N6O/c1-25(2)15-8-9-27(25,21-13-30-11-19(32-21)20-12-31-24(33-20)26(3,4)36)23-14(15)10-18(34-35-23)22-16(28)6-5-7-17(22)29/h5-7,10-13,15,36H,8-9H2,1-4H3,(H,31,33)/t15-,27-/m0/s1. The third-order valence-corrected chi connectivity index (χ3v) is 8.09. The van der Waals surface area contributed by atoms with Crippen molar-refractivity contribution in [2.45, 2.75) is 57.5 Å². The number of fused-ring (bicyclic) bond motifs is 5. The molecule has 0 unspecified atom stereocenters. The summed E-state index contributed by atoms with van der Waals surface area (Å²) in [6.45, 7) is 7.69. The van der Waals surface area contributed by atoms with Gasteiger partial charge in [0.15, 0.2) is 0 Å². The highest BCUT2D eigenvalue weighted by atomic mass is 19.1. The largest absolute Gasteiger partial charge is 0.383 e. The summed E-state index contributed by atoms with van der Waals surface area (Å²) in [5, 5.41) is 19.1. The molecule has 36 heavy (non-hydrogen) atoms. The fourth-order valence-corrected chi connectivity index (χ4v) is 6.22. The van der Waals surface area contributed by atoms with Crippen LogP contribution in [0.1, 0.15) is 69.2 Å². The maximum Gasteiger partial charge on any atom is 0.138 e. The third-order valence-electron chi connectivity index (χ3n) is 8.09. The molecule has 0 saturated heterocycles. The molecule has 2 aliphatic carbocycles. The molecule has 2 aliphatic rings. The van der Waals surface area contributed by atoms with Gasteiger partial charge < -0.3 is 10.1 Å². The van der Waals surface area contributed by atoms with E-state index in [4.69, 9.17) is 4.98 Å². The van der Waals surface area contributed by atoms with Gasteiger partial charge in [-0.25, -0.2) is 18.7 Å². The van der Waals surface area contributed by atoms with Gasteiger partial charge in [-0.05, 0) is 61.8 Å². The summed E-state index contributed by atoms with van der Waals surface area (Å²) in [7, 11) is 0. The van der Waals surface area contributed by atoms with Gasteiger partial charge in [-0.1, -0.05) is 19.9 Å².